The van der Waals surface area contributed by atoms with Crippen molar-refractivity contribution in [1.29, 1.82) is 0 Å². The van der Waals surface area contributed by atoms with Crippen LogP contribution in [0.4, 0.5) is 0 Å². The van der Waals surface area contributed by atoms with Gasteiger partial charge in [0.2, 0.25) is 5.91 Å². The van der Waals surface area contributed by atoms with Crippen molar-refractivity contribution in [3.8, 4) is 0 Å². The Bertz CT molecular complexity index is 452. The maximum Gasteiger partial charge on any atom is 0.241 e. The topological polar surface area (TPSA) is 55.1 Å². The average molecular weight is 292 g/mol. The van der Waals surface area contributed by atoms with Crippen molar-refractivity contribution in [2.75, 3.05) is 12.8 Å². The van der Waals surface area contributed by atoms with Crippen molar-refractivity contribution in [3.63, 3.8) is 0 Å². The number of aryl methyl sites for hydroxylation is 1. The molecule has 0 aromatic heterocycles. The summed E-state index contributed by atoms with van der Waals surface area (Å²) in [6.45, 7) is 2.75. The lowest BCUT2D eigenvalue weighted by molar-refractivity contribution is -0.122. The molecule has 0 saturated heterocycles. The zero-order chi connectivity index (χ0) is 14.6. The minimum Gasteiger partial charge on any atom is -0.353 e. The van der Waals surface area contributed by atoms with E-state index >= 15 is 0 Å². The van der Waals surface area contributed by atoms with Gasteiger partial charge in [0.25, 0.3) is 0 Å². The fraction of sp³-hybridized carbons (Fsp3) is 0.562. The summed E-state index contributed by atoms with van der Waals surface area (Å²) in [5.41, 5.74) is 8.09. The van der Waals surface area contributed by atoms with Gasteiger partial charge in [0.15, 0.2) is 0 Å². The van der Waals surface area contributed by atoms with E-state index in [0.717, 1.165) is 12.1 Å². The molecule has 1 aromatic rings. The van der Waals surface area contributed by atoms with E-state index in [4.69, 9.17) is 5.73 Å². The second-order valence-electron chi connectivity index (χ2n) is 5.70. The number of thioether (sulfide) groups is 1. The van der Waals surface area contributed by atoms with Crippen molar-refractivity contribution < 1.29 is 4.79 Å². The molecule has 110 valence electrons. The molecule has 3 nitrogen and oxygen atoms in total. The average Bonchev–Trinajstić information content (AvgIpc) is 2.94. The molecule has 1 amide bonds. The van der Waals surface area contributed by atoms with Crippen LogP contribution in [0, 0.1) is 6.92 Å². The summed E-state index contributed by atoms with van der Waals surface area (Å²) >= 11 is 1.88. The number of rotatable bonds is 5. The minimum atomic E-state index is -0.573. The van der Waals surface area contributed by atoms with Crippen molar-refractivity contribution in [2.45, 2.75) is 43.4 Å². The van der Waals surface area contributed by atoms with Crippen molar-refractivity contribution in [2.24, 2.45) is 5.73 Å². The molecule has 2 rings (SSSR count). The van der Waals surface area contributed by atoms with Crippen LogP contribution in [0.3, 0.4) is 0 Å². The smallest absolute Gasteiger partial charge is 0.241 e. The fourth-order valence-corrected chi connectivity index (χ4v) is 3.67. The number of hydrogen-bond donors (Lipinski definition) is 2. The van der Waals surface area contributed by atoms with E-state index in [1.807, 2.05) is 43.0 Å². The van der Waals surface area contributed by atoms with Gasteiger partial charge in [0.1, 0.15) is 6.04 Å². The van der Waals surface area contributed by atoms with E-state index in [9.17, 15) is 4.79 Å². The maximum atomic E-state index is 12.2. The Labute approximate surface area is 125 Å². The summed E-state index contributed by atoms with van der Waals surface area (Å²) < 4.78 is 0.225. The second kappa shape index (κ2) is 6.64. The van der Waals surface area contributed by atoms with Gasteiger partial charge in [0.05, 0.1) is 0 Å². The van der Waals surface area contributed by atoms with Gasteiger partial charge in [-0.3, -0.25) is 4.79 Å². The summed E-state index contributed by atoms with van der Waals surface area (Å²) in [5.74, 6) is -0.0748. The molecular formula is C16H24N2OS. The quantitative estimate of drug-likeness (QED) is 0.877. The third-order valence-corrected chi connectivity index (χ3v) is 5.67. The fourth-order valence-electron chi connectivity index (χ4n) is 2.76. The zero-order valence-corrected chi connectivity index (χ0v) is 13.1. The first kappa shape index (κ1) is 15.4. The molecule has 0 bridgehead atoms. The van der Waals surface area contributed by atoms with Crippen LogP contribution in [-0.4, -0.2) is 23.5 Å². The Kier molecular flexibility index (Phi) is 5.11. The van der Waals surface area contributed by atoms with Crippen LogP contribution in [0.2, 0.25) is 0 Å². The van der Waals surface area contributed by atoms with Crippen molar-refractivity contribution in [3.05, 3.63) is 35.4 Å². The largest absolute Gasteiger partial charge is 0.353 e. The summed E-state index contributed by atoms with van der Waals surface area (Å²) in [6, 6.07) is 7.26. The number of carbonyl (C=O) groups is 1. The monoisotopic (exact) mass is 292 g/mol. The van der Waals surface area contributed by atoms with E-state index in [2.05, 4.69) is 11.6 Å². The van der Waals surface area contributed by atoms with Crippen LogP contribution in [0.5, 0.6) is 0 Å². The van der Waals surface area contributed by atoms with Gasteiger partial charge in [-0.05, 0) is 31.6 Å². The molecule has 1 saturated carbocycles. The highest BCUT2D eigenvalue weighted by Crippen LogP contribution is 2.39. The van der Waals surface area contributed by atoms with Crippen LogP contribution in [0.1, 0.15) is 42.9 Å². The SMILES string of the molecule is CSC1(CNC(=O)C(N)c2ccc(C)cc2)CCCC1. The molecule has 1 aliphatic rings. The number of nitrogens with two attached hydrogens (primary N) is 1. The van der Waals surface area contributed by atoms with Gasteiger partial charge in [-0.15, -0.1) is 0 Å². The van der Waals surface area contributed by atoms with Gasteiger partial charge in [-0.2, -0.15) is 11.8 Å². The van der Waals surface area contributed by atoms with Gasteiger partial charge >= 0.3 is 0 Å². The first-order valence-corrected chi connectivity index (χ1v) is 8.44. The number of carbonyl (C=O) groups excluding carboxylic acids is 1. The predicted molar refractivity (Wildman–Crippen MR) is 85.8 cm³/mol. The molecule has 0 heterocycles. The van der Waals surface area contributed by atoms with Gasteiger partial charge < -0.3 is 11.1 Å². The normalized spacial score (nSPS) is 18.8. The molecule has 4 heteroatoms. The lowest BCUT2D eigenvalue weighted by atomic mass is 10.0. The molecule has 1 fully saturated rings. The Balaban J connectivity index is 1.92. The third kappa shape index (κ3) is 3.55. The van der Waals surface area contributed by atoms with Crippen LogP contribution < -0.4 is 11.1 Å². The minimum absolute atomic E-state index is 0.0748. The summed E-state index contributed by atoms with van der Waals surface area (Å²) in [4.78, 5) is 12.2. The summed E-state index contributed by atoms with van der Waals surface area (Å²) in [5, 5.41) is 3.04. The number of hydrogen-bond acceptors (Lipinski definition) is 3. The molecule has 0 aliphatic heterocycles. The molecule has 1 aromatic carbocycles. The Hall–Kier alpha value is -1.00. The summed E-state index contributed by atoms with van der Waals surface area (Å²) in [6.07, 6.45) is 7.04. The van der Waals surface area contributed by atoms with E-state index in [1.165, 1.54) is 31.2 Å². The first-order valence-electron chi connectivity index (χ1n) is 7.21. The maximum absolute atomic E-state index is 12.2. The highest BCUT2D eigenvalue weighted by atomic mass is 32.2. The van der Waals surface area contributed by atoms with Crippen LogP contribution in [-0.2, 0) is 4.79 Å². The number of amides is 1. The molecule has 20 heavy (non-hydrogen) atoms. The Morgan fingerprint density at radius 1 is 1.35 bits per heavy atom. The Morgan fingerprint density at radius 2 is 1.95 bits per heavy atom. The molecule has 1 aliphatic carbocycles. The van der Waals surface area contributed by atoms with Gasteiger partial charge in [-0.1, -0.05) is 42.7 Å². The first-order chi connectivity index (χ1) is 9.56. The number of nitrogens with one attached hydrogen (secondary N) is 1. The van der Waals surface area contributed by atoms with Crippen molar-refractivity contribution in [1.82, 2.24) is 5.32 Å². The third-order valence-electron chi connectivity index (χ3n) is 4.25. The lowest BCUT2D eigenvalue weighted by Gasteiger charge is -2.27. The number of benzene rings is 1. The molecular weight excluding hydrogens is 268 g/mol. The van der Waals surface area contributed by atoms with E-state index in [-0.39, 0.29) is 10.7 Å². The highest BCUT2D eigenvalue weighted by molar-refractivity contribution is 8.00. The van der Waals surface area contributed by atoms with Gasteiger partial charge in [0, 0.05) is 11.3 Å². The lowest BCUT2D eigenvalue weighted by Crippen LogP contribution is -2.42. The molecule has 0 radical (unpaired) electrons. The highest BCUT2D eigenvalue weighted by Gasteiger charge is 2.33. The molecule has 1 atom stereocenters. The predicted octanol–water partition coefficient (Wildman–Crippen LogP) is 2.79. The molecule has 3 N–H and O–H groups in total. The summed E-state index contributed by atoms with van der Waals surface area (Å²) in [7, 11) is 0. The van der Waals surface area contributed by atoms with Crippen LogP contribution in [0.25, 0.3) is 0 Å². The van der Waals surface area contributed by atoms with Crippen molar-refractivity contribution >= 4 is 17.7 Å². The molecule has 0 spiro atoms. The zero-order valence-electron chi connectivity index (χ0n) is 12.3. The van der Waals surface area contributed by atoms with Crippen LogP contribution >= 0.6 is 11.8 Å². The molecule has 1 unspecified atom stereocenters. The van der Waals surface area contributed by atoms with E-state index < -0.39 is 6.04 Å². The van der Waals surface area contributed by atoms with Gasteiger partial charge in [-0.25, -0.2) is 0 Å². The second-order valence-corrected chi connectivity index (χ2v) is 6.97. The standard InChI is InChI=1S/C16H24N2OS/c1-12-5-7-13(8-6-12)14(17)15(19)18-11-16(20-2)9-3-4-10-16/h5-8,14H,3-4,9-11,17H2,1-2H3,(H,18,19). The van der Waals surface area contributed by atoms with E-state index in [1.54, 1.807) is 0 Å². The Morgan fingerprint density at radius 3 is 2.50 bits per heavy atom. The van der Waals surface area contributed by atoms with Crippen LogP contribution in [0.15, 0.2) is 24.3 Å². The van der Waals surface area contributed by atoms with E-state index in [0.29, 0.717) is 0 Å².